The zero-order chi connectivity index (χ0) is 15.2. The first kappa shape index (κ1) is 17.5. The highest BCUT2D eigenvalue weighted by Crippen LogP contribution is 2.31. The molecule has 0 saturated carbocycles. The second-order valence-corrected chi connectivity index (χ2v) is 7.17. The molecule has 0 aliphatic rings. The van der Waals surface area contributed by atoms with Gasteiger partial charge in [0.05, 0.1) is 0 Å². The minimum absolute atomic E-state index is 0.146. The molecule has 0 aliphatic heterocycles. The second-order valence-electron chi connectivity index (χ2n) is 6.77. The molecule has 114 valence electrons. The number of hydrogen-bond donors (Lipinski definition) is 1. The third-order valence-corrected chi connectivity index (χ3v) is 4.34. The van der Waals surface area contributed by atoms with Gasteiger partial charge >= 0.3 is 0 Å². The van der Waals surface area contributed by atoms with E-state index in [1.807, 2.05) is 12.1 Å². The number of rotatable bonds is 7. The Morgan fingerprint density at radius 2 is 1.70 bits per heavy atom. The van der Waals surface area contributed by atoms with Crippen LogP contribution in [0.3, 0.4) is 0 Å². The first-order chi connectivity index (χ1) is 9.37. The fraction of sp³-hybridized carbons (Fsp3) is 0.667. The van der Waals surface area contributed by atoms with Crippen LogP contribution in [0, 0.1) is 5.92 Å². The summed E-state index contributed by atoms with van der Waals surface area (Å²) in [6.07, 6.45) is 3.69. The Hall–Kier alpha value is -0.530. The van der Waals surface area contributed by atoms with Gasteiger partial charge in [-0.05, 0) is 50.7 Å². The topological polar surface area (TPSA) is 12.0 Å². The number of hydrogen-bond acceptors (Lipinski definition) is 1. The van der Waals surface area contributed by atoms with Gasteiger partial charge in [-0.25, -0.2) is 0 Å². The molecule has 20 heavy (non-hydrogen) atoms. The van der Waals surface area contributed by atoms with Crippen molar-refractivity contribution in [2.24, 2.45) is 5.92 Å². The predicted octanol–water partition coefficient (Wildman–Crippen LogP) is 5.64. The van der Waals surface area contributed by atoms with Crippen molar-refractivity contribution in [2.75, 3.05) is 6.54 Å². The molecule has 1 rings (SSSR count). The molecule has 0 heterocycles. The Kier molecular flexibility index (Phi) is 7.05. The van der Waals surface area contributed by atoms with E-state index in [9.17, 15) is 0 Å². The molecule has 0 bridgehead atoms. The van der Waals surface area contributed by atoms with E-state index in [4.69, 9.17) is 11.6 Å². The number of halogens is 1. The summed E-state index contributed by atoms with van der Waals surface area (Å²) in [5, 5.41) is 4.54. The molecule has 0 aliphatic carbocycles. The zero-order valence-electron chi connectivity index (χ0n) is 13.7. The molecule has 1 aromatic carbocycles. The van der Waals surface area contributed by atoms with E-state index in [1.165, 1.54) is 24.8 Å². The first-order valence-corrected chi connectivity index (χ1v) is 8.24. The highest BCUT2D eigenvalue weighted by Gasteiger charge is 2.20. The van der Waals surface area contributed by atoms with Crippen molar-refractivity contribution in [1.29, 1.82) is 0 Å². The Bertz CT molecular complexity index is 391. The first-order valence-electron chi connectivity index (χ1n) is 7.86. The van der Waals surface area contributed by atoms with Gasteiger partial charge in [-0.1, -0.05) is 56.5 Å². The highest BCUT2D eigenvalue weighted by atomic mass is 35.5. The van der Waals surface area contributed by atoms with Gasteiger partial charge in [0.2, 0.25) is 0 Å². The van der Waals surface area contributed by atoms with Crippen molar-refractivity contribution in [3.8, 4) is 0 Å². The molecule has 0 amide bonds. The Balaban J connectivity index is 2.86. The van der Waals surface area contributed by atoms with Crippen molar-refractivity contribution in [3.63, 3.8) is 0 Å². The Labute approximate surface area is 130 Å². The molecule has 1 unspecified atom stereocenters. The average Bonchev–Trinajstić information content (AvgIpc) is 2.39. The fourth-order valence-corrected chi connectivity index (χ4v) is 2.87. The van der Waals surface area contributed by atoms with Crippen molar-refractivity contribution < 1.29 is 0 Å². The summed E-state index contributed by atoms with van der Waals surface area (Å²) in [6, 6.07) is 8.29. The van der Waals surface area contributed by atoms with Crippen LogP contribution >= 0.6 is 11.6 Å². The largest absolute Gasteiger partial charge is 0.311 e. The lowest BCUT2D eigenvalue weighted by Gasteiger charge is -2.28. The van der Waals surface area contributed by atoms with E-state index in [2.05, 4.69) is 52.1 Å². The molecule has 0 fully saturated rings. The summed E-state index contributed by atoms with van der Waals surface area (Å²) < 4.78 is 0. The summed E-state index contributed by atoms with van der Waals surface area (Å²) in [5.41, 5.74) is 1.44. The van der Waals surface area contributed by atoms with Gasteiger partial charge < -0.3 is 5.32 Å². The van der Waals surface area contributed by atoms with Crippen LogP contribution in [0.25, 0.3) is 0 Å². The quantitative estimate of drug-likeness (QED) is 0.686. The van der Waals surface area contributed by atoms with Crippen LogP contribution in [-0.4, -0.2) is 12.1 Å². The molecule has 1 N–H and O–H groups in total. The number of nitrogens with one attached hydrogen (secondary N) is 1. The monoisotopic (exact) mass is 295 g/mol. The number of benzene rings is 1. The van der Waals surface area contributed by atoms with Crippen LogP contribution in [0.2, 0.25) is 5.02 Å². The SMILES string of the molecule is CCC(CC)CC(CNC(C)(C)C)c1ccccc1Cl. The maximum atomic E-state index is 6.41. The van der Waals surface area contributed by atoms with Crippen LogP contribution in [0.1, 0.15) is 65.4 Å². The Morgan fingerprint density at radius 1 is 1.10 bits per heavy atom. The van der Waals surface area contributed by atoms with E-state index >= 15 is 0 Å². The molecule has 1 aromatic rings. The van der Waals surface area contributed by atoms with Crippen LogP contribution in [0.5, 0.6) is 0 Å². The van der Waals surface area contributed by atoms with E-state index in [0.29, 0.717) is 5.92 Å². The van der Waals surface area contributed by atoms with Gasteiger partial charge in [0.1, 0.15) is 0 Å². The maximum absolute atomic E-state index is 6.41. The zero-order valence-corrected chi connectivity index (χ0v) is 14.4. The third kappa shape index (κ3) is 5.85. The fourth-order valence-electron chi connectivity index (χ4n) is 2.58. The van der Waals surface area contributed by atoms with Crippen molar-refractivity contribution in [3.05, 3.63) is 34.9 Å². The lowest BCUT2D eigenvalue weighted by Crippen LogP contribution is -2.39. The van der Waals surface area contributed by atoms with Crippen molar-refractivity contribution in [1.82, 2.24) is 5.32 Å². The van der Waals surface area contributed by atoms with E-state index in [1.54, 1.807) is 0 Å². The summed E-state index contributed by atoms with van der Waals surface area (Å²) in [4.78, 5) is 0. The minimum atomic E-state index is 0.146. The molecule has 0 radical (unpaired) electrons. The van der Waals surface area contributed by atoms with E-state index in [-0.39, 0.29) is 5.54 Å². The van der Waals surface area contributed by atoms with Gasteiger partial charge in [-0.2, -0.15) is 0 Å². The molecule has 1 atom stereocenters. The van der Waals surface area contributed by atoms with Crippen molar-refractivity contribution in [2.45, 2.75) is 65.3 Å². The van der Waals surface area contributed by atoms with Crippen molar-refractivity contribution >= 4 is 11.6 Å². The van der Waals surface area contributed by atoms with Gasteiger partial charge in [0, 0.05) is 17.1 Å². The van der Waals surface area contributed by atoms with Gasteiger partial charge in [-0.3, -0.25) is 0 Å². The average molecular weight is 296 g/mol. The molecule has 1 nitrogen and oxygen atoms in total. The van der Waals surface area contributed by atoms with Crippen LogP contribution in [-0.2, 0) is 0 Å². The Morgan fingerprint density at radius 3 is 2.20 bits per heavy atom. The lowest BCUT2D eigenvalue weighted by molar-refractivity contribution is 0.356. The third-order valence-electron chi connectivity index (χ3n) is 4.00. The molecule has 2 heteroatoms. The second kappa shape index (κ2) is 8.05. The summed E-state index contributed by atoms with van der Waals surface area (Å²) in [6.45, 7) is 12.2. The van der Waals surface area contributed by atoms with Crippen LogP contribution in [0.4, 0.5) is 0 Å². The van der Waals surface area contributed by atoms with Gasteiger partial charge in [0.15, 0.2) is 0 Å². The highest BCUT2D eigenvalue weighted by molar-refractivity contribution is 6.31. The normalized spacial score (nSPS) is 13.8. The smallest absolute Gasteiger partial charge is 0.0441 e. The maximum Gasteiger partial charge on any atom is 0.0441 e. The lowest BCUT2D eigenvalue weighted by atomic mass is 9.85. The molecular formula is C18H30ClN. The van der Waals surface area contributed by atoms with Gasteiger partial charge in [0.25, 0.3) is 0 Å². The molecule has 0 aromatic heterocycles. The summed E-state index contributed by atoms with van der Waals surface area (Å²) in [5.74, 6) is 1.27. The standard InChI is InChI=1S/C18H30ClN/c1-6-14(7-2)12-15(13-20-18(3,4)5)16-10-8-9-11-17(16)19/h8-11,14-15,20H,6-7,12-13H2,1-5H3. The van der Waals surface area contributed by atoms with E-state index in [0.717, 1.165) is 17.5 Å². The molecule has 0 saturated heterocycles. The predicted molar refractivity (Wildman–Crippen MR) is 90.6 cm³/mol. The van der Waals surface area contributed by atoms with E-state index < -0.39 is 0 Å². The molecule has 0 spiro atoms. The summed E-state index contributed by atoms with van der Waals surface area (Å²) in [7, 11) is 0. The minimum Gasteiger partial charge on any atom is -0.311 e. The van der Waals surface area contributed by atoms with Crippen LogP contribution < -0.4 is 5.32 Å². The summed E-state index contributed by atoms with van der Waals surface area (Å²) >= 11 is 6.41. The van der Waals surface area contributed by atoms with Gasteiger partial charge in [-0.15, -0.1) is 0 Å². The van der Waals surface area contributed by atoms with Crippen LogP contribution in [0.15, 0.2) is 24.3 Å². The molecular weight excluding hydrogens is 266 g/mol.